The van der Waals surface area contributed by atoms with E-state index in [0.29, 0.717) is 6.04 Å². The third-order valence-electron chi connectivity index (χ3n) is 3.80. The van der Waals surface area contributed by atoms with Crippen LogP contribution in [0.2, 0.25) is 0 Å². The third-order valence-corrected chi connectivity index (χ3v) is 3.80. The molecule has 106 valence electrons. The van der Waals surface area contributed by atoms with Crippen molar-refractivity contribution in [3.8, 4) is 11.4 Å². The van der Waals surface area contributed by atoms with Crippen LogP contribution in [0.3, 0.4) is 0 Å². The number of hydrogen-bond acceptors (Lipinski definition) is 5. The molecular weight excluding hydrogens is 252 g/mol. The summed E-state index contributed by atoms with van der Waals surface area (Å²) in [5, 5.41) is 7.53. The van der Waals surface area contributed by atoms with E-state index in [-0.39, 0.29) is 0 Å². The quantitative estimate of drug-likeness (QED) is 0.910. The fourth-order valence-electron chi connectivity index (χ4n) is 2.79. The average Bonchev–Trinajstić information content (AvgIpc) is 2.78. The van der Waals surface area contributed by atoms with Crippen LogP contribution in [-0.2, 0) is 0 Å². The summed E-state index contributed by atoms with van der Waals surface area (Å²) in [6.45, 7) is 6.90. The third kappa shape index (κ3) is 2.45. The highest BCUT2D eigenvalue weighted by molar-refractivity contribution is 5.60. The van der Waals surface area contributed by atoms with Crippen molar-refractivity contribution in [1.29, 1.82) is 0 Å². The van der Waals surface area contributed by atoms with Crippen molar-refractivity contribution in [2.75, 3.05) is 6.54 Å². The number of hydrogen-bond donors (Lipinski definition) is 1. The number of aryl methyl sites for hydroxylation is 3. The van der Waals surface area contributed by atoms with E-state index in [1.54, 1.807) is 0 Å². The fraction of sp³-hybridized carbons (Fsp3) is 0.533. The van der Waals surface area contributed by atoms with E-state index in [0.717, 1.165) is 47.2 Å². The van der Waals surface area contributed by atoms with Crippen LogP contribution in [-0.4, -0.2) is 21.7 Å². The molecule has 1 atom stereocenters. The average molecular weight is 272 g/mol. The minimum absolute atomic E-state index is 0.338. The molecule has 2 aromatic rings. The monoisotopic (exact) mass is 272 g/mol. The SMILES string of the molecule is Cc1cc([C@H]2CCCCN2)nc(-c2c(C)noc2C)n1. The molecule has 5 heteroatoms. The Morgan fingerprint density at radius 2 is 2.05 bits per heavy atom. The van der Waals surface area contributed by atoms with Crippen molar-refractivity contribution in [3.05, 3.63) is 28.9 Å². The van der Waals surface area contributed by atoms with Crippen molar-refractivity contribution in [3.63, 3.8) is 0 Å². The lowest BCUT2D eigenvalue weighted by Crippen LogP contribution is -2.27. The Hall–Kier alpha value is -1.75. The van der Waals surface area contributed by atoms with E-state index < -0.39 is 0 Å². The molecule has 1 saturated heterocycles. The lowest BCUT2D eigenvalue weighted by Gasteiger charge is -2.23. The van der Waals surface area contributed by atoms with Crippen LogP contribution in [0.25, 0.3) is 11.4 Å². The zero-order chi connectivity index (χ0) is 14.1. The summed E-state index contributed by atoms with van der Waals surface area (Å²) >= 11 is 0. The molecule has 5 nitrogen and oxygen atoms in total. The Bertz CT molecular complexity index is 595. The van der Waals surface area contributed by atoms with Gasteiger partial charge < -0.3 is 9.84 Å². The molecule has 0 bridgehead atoms. The van der Waals surface area contributed by atoms with Crippen molar-refractivity contribution in [2.45, 2.75) is 46.1 Å². The van der Waals surface area contributed by atoms with Crippen molar-refractivity contribution >= 4 is 0 Å². The zero-order valence-electron chi connectivity index (χ0n) is 12.2. The van der Waals surface area contributed by atoms with Gasteiger partial charge in [-0.05, 0) is 46.2 Å². The van der Waals surface area contributed by atoms with Crippen molar-refractivity contribution < 1.29 is 4.52 Å². The Morgan fingerprint density at radius 1 is 1.20 bits per heavy atom. The first-order valence-corrected chi connectivity index (χ1v) is 7.17. The van der Waals surface area contributed by atoms with E-state index in [1.165, 1.54) is 12.8 Å². The molecule has 0 aromatic carbocycles. The zero-order valence-corrected chi connectivity index (χ0v) is 12.2. The standard InChI is InChI=1S/C15H20N4O/c1-9-8-13(12-6-4-5-7-16-12)18-15(17-9)14-10(2)19-20-11(14)3/h8,12,16H,4-7H2,1-3H3/t12-/m1/s1. The van der Waals surface area contributed by atoms with Gasteiger partial charge in [0.15, 0.2) is 5.82 Å². The molecule has 0 spiro atoms. The predicted octanol–water partition coefficient (Wildman–Crippen LogP) is 2.87. The summed E-state index contributed by atoms with van der Waals surface area (Å²) in [6.07, 6.45) is 3.64. The van der Waals surface area contributed by atoms with Gasteiger partial charge in [0.05, 0.1) is 17.0 Å². The van der Waals surface area contributed by atoms with Crippen molar-refractivity contribution in [1.82, 2.24) is 20.4 Å². The van der Waals surface area contributed by atoms with Crippen LogP contribution < -0.4 is 5.32 Å². The van der Waals surface area contributed by atoms with E-state index in [2.05, 4.69) is 21.5 Å². The van der Waals surface area contributed by atoms with Gasteiger partial charge >= 0.3 is 0 Å². The molecule has 20 heavy (non-hydrogen) atoms. The van der Waals surface area contributed by atoms with Crippen LogP contribution in [0.1, 0.15) is 48.1 Å². The predicted molar refractivity (Wildman–Crippen MR) is 76.3 cm³/mol. The highest BCUT2D eigenvalue weighted by Gasteiger charge is 2.20. The number of nitrogens with zero attached hydrogens (tertiary/aromatic N) is 3. The molecule has 0 unspecified atom stereocenters. The largest absolute Gasteiger partial charge is 0.361 e. The second kappa shape index (κ2) is 5.32. The molecule has 1 N–H and O–H groups in total. The van der Waals surface area contributed by atoms with E-state index in [1.807, 2.05) is 20.8 Å². The van der Waals surface area contributed by atoms with Gasteiger partial charge in [0, 0.05) is 11.7 Å². The van der Waals surface area contributed by atoms with Gasteiger partial charge in [-0.3, -0.25) is 0 Å². The first-order valence-electron chi connectivity index (χ1n) is 7.17. The molecule has 1 fully saturated rings. The van der Waals surface area contributed by atoms with Crippen LogP contribution in [0.5, 0.6) is 0 Å². The Balaban J connectivity index is 2.02. The van der Waals surface area contributed by atoms with Gasteiger partial charge in [0.25, 0.3) is 0 Å². The van der Waals surface area contributed by atoms with Gasteiger partial charge in [0.2, 0.25) is 0 Å². The smallest absolute Gasteiger partial charge is 0.165 e. The summed E-state index contributed by atoms with van der Waals surface area (Å²) in [6, 6.07) is 2.41. The summed E-state index contributed by atoms with van der Waals surface area (Å²) in [5.74, 6) is 1.50. The highest BCUT2D eigenvalue weighted by atomic mass is 16.5. The summed E-state index contributed by atoms with van der Waals surface area (Å²) in [5.41, 5.74) is 3.82. The van der Waals surface area contributed by atoms with Crippen LogP contribution >= 0.6 is 0 Å². The second-order valence-corrected chi connectivity index (χ2v) is 5.46. The van der Waals surface area contributed by atoms with Gasteiger partial charge in [-0.25, -0.2) is 9.97 Å². The molecule has 3 rings (SSSR count). The Kier molecular flexibility index (Phi) is 3.53. The maximum absolute atomic E-state index is 5.23. The second-order valence-electron chi connectivity index (χ2n) is 5.46. The highest BCUT2D eigenvalue weighted by Crippen LogP contribution is 2.27. The van der Waals surface area contributed by atoms with E-state index in [4.69, 9.17) is 9.51 Å². The number of piperidine rings is 1. The van der Waals surface area contributed by atoms with Crippen LogP contribution in [0.15, 0.2) is 10.6 Å². The maximum atomic E-state index is 5.23. The topological polar surface area (TPSA) is 63.8 Å². The number of aromatic nitrogens is 3. The first kappa shape index (κ1) is 13.2. The summed E-state index contributed by atoms with van der Waals surface area (Å²) in [7, 11) is 0. The lowest BCUT2D eigenvalue weighted by molar-refractivity contribution is 0.393. The number of rotatable bonds is 2. The van der Waals surface area contributed by atoms with Crippen molar-refractivity contribution in [2.24, 2.45) is 0 Å². The van der Waals surface area contributed by atoms with Gasteiger partial charge in [0.1, 0.15) is 5.76 Å². The molecule has 3 heterocycles. The maximum Gasteiger partial charge on any atom is 0.165 e. The van der Waals surface area contributed by atoms with Crippen LogP contribution in [0, 0.1) is 20.8 Å². The Morgan fingerprint density at radius 3 is 2.70 bits per heavy atom. The van der Waals surface area contributed by atoms with Gasteiger partial charge in [-0.15, -0.1) is 0 Å². The molecule has 0 amide bonds. The van der Waals surface area contributed by atoms with E-state index in [9.17, 15) is 0 Å². The minimum Gasteiger partial charge on any atom is -0.361 e. The van der Waals surface area contributed by atoms with Gasteiger partial charge in [-0.1, -0.05) is 11.6 Å². The summed E-state index contributed by atoms with van der Waals surface area (Å²) < 4.78 is 5.23. The molecule has 1 aliphatic rings. The lowest BCUT2D eigenvalue weighted by atomic mass is 10.0. The molecule has 2 aromatic heterocycles. The molecule has 1 aliphatic heterocycles. The Labute approximate surface area is 118 Å². The molecular formula is C15H20N4O. The summed E-state index contributed by atoms with van der Waals surface area (Å²) in [4.78, 5) is 9.30. The normalized spacial score (nSPS) is 19.2. The number of nitrogens with one attached hydrogen (secondary N) is 1. The molecule has 0 aliphatic carbocycles. The minimum atomic E-state index is 0.338. The fourth-order valence-corrected chi connectivity index (χ4v) is 2.79. The van der Waals surface area contributed by atoms with Crippen LogP contribution in [0.4, 0.5) is 0 Å². The van der Waals surface area contributed by atoms with Gasteiger partial charge in [-0.2, -0.15) is 0 Å². The van der Waals surface area contributed by atoms with E-state index >= 15 is 0 Å². The molecule has 0 radical (unpaired) electrons. The first-order chi connectivity index (χ1) is 9.65. The molecule has 0 saturated carbocycles.